The van der Waals surface area contributed by atoms with E-state index < -0.39 is 5.54 Å². The molecule has 0 amide bonds. The van der Waals surface area contributed by atoms with Gasteiger partial charge in [-0.05, 0) is 44.9 Å². The summed E-state index contributed by atoms with van der Waals surface area (Å²) in [4.78, 5) is 12.2. The maximum absolute atomic E-state index is 12.2. The molecule has 1 N–H and O–H groups in total. The molecule has 0 bridgehead atoms. The second-order valence-electron chi connectivity index (χ2n) is 4.82. The number of benzene rings is 1. The van der Waals surface area contributed by atoms with Gasteiger partial charge < -0.3 is 14.8 Å². The molecular formula is C15H21NO3. The van der Waals surface area contributed by atoms with Crippen molar-refractivity contribution in [2.24, 2.45) is 5.92 Å². The number of hydrogen-bond donors (Lipinski definition) is 1. The first-order chi connectivity index (χ1) is 9.23. The Kier molecular flexibility index (Phi) is 4.43. The van der Waals surface area contributed by atoms with Crippen LogP contribution in [0.2, 0.25) is 0 Å². The summed E-state index contributed by atoms with van der Waals surface area (Å²) < 4.78 is 11.0. The van der Waals surface area contributed by atoms with Gasteiger partial charge in [0, 0.05) is 0 Å². The quantitative estimate of drug-likeness (QED) is 0.764. The van der Waals surface area contributed by atoms with Gasteiger partial charge in [0.1, 0.15) is 12.4 Å². The summed E-state index contributed by atoms with van der Waals surface area (Å²) in [5.41, 5.74) is -0.716. The topological polar surface area (TPSA) is 47.6 Å². The van der Waals surface area contributed by atoms with Crippen LogP contribution in [-0.4, -0.2) is 31.8 Å². The molecule has 19 heavy (non-hydrogen) atoms. The zero-order valence-corrected chi connectivity index (χ0v) is 11.5. The van der Waals surface area contributed by atoms with Crippen LogP contribution < -0.4 is 10.1 Å². The molecule has 104 valence electrons. The number of carbonyl (C=O) groups is 1. The van der Waals surface area contributed by atoms with E-state index in [1.807, 2.05) is 37.3 Å². The lowest BCUT2D eigenvalue weighted by Gasteiger charge is -2.31. The Morgan fingerprint density at radius 2 is 2.05 bits per heavy atom. The Bertz CT molecular complexity index is 417. The van der Waals surface area contributed by atoms with Crippen LogP contribution in [0, 0.1) is 5.92 Å². The number of ether oxygens (including phenoxy) is 2. The smallest absolute Gasteiger partial charge is 0.330 e. The molecule has 4 nitrogen and oxygen atoms in total. The van der Waals surface area contributed by atoms with Crippen molar-refractivity contribution < 1.29 is 14.3 Å². The molecule has 1 unspecified atom stereocenters. The number of rotatable bonds is 7. The predicted octanol–water partition coefficient (Wildman–Crippen LogP) is 2.00. The van der Waals surface area contributed by atoms with Crippen LogP contribution in [0.4, 0.5) is 0 Å². The van der Waals surface area contributed by atoms with Gasteiger partial charge in [0.15, 0.2) is 5.54 Å². The molecule has 1 saturated carbocycles. The van der Waals surface area contributed by atoms with Crippen molar-refractivity contribution >= 4 is 5.97 Å². The van der Waals surface area contributed by atoms with Crippen LogP contribution in [0.1, 0.15) is 19.8 Å². The van der Waals surface area contributed by atoms with Crippen molar-refractivity contribution in [2.75, 3.05) is 20.3 Å². The second kappa shape index (κ2) is 6.06. The fraction of sp³-hybridized carbons (Fsp3) is 0.533. The van der Waals surface area contributed by atoms with Crippen LogP contribution in [0.25, 0.3) is 0 Å². The lowest BCUT2D eigenvalue weighted by molar-refractivity contribution is -0.153. The normalized spacial score (nSPS) is 17.6. The van der Waals surface area contributed by atoms with Gasteiger partial charge in [0.25, 0.3) is 0 Å². The van der Waals surface area contributed by atoms with Gasteiger partial charge >= 0.3 is 5.97 Å². The van der Waals surface area contributed by atoms with Gasteiger partial charge in [-0.2, -0.15) is 0 Å². The van der Waals surface area contributed by atoms with Crippen molar-refractivity contribution in [3.8, 4) is 5.75 Å². The molecule has 0 aliphatic heterocycles. The minimum atomic E-state index is -0.716. The number of esters is 1. The third kappa shape index (κ3) is 3.07. The van der Waals surface area contributed by atoms with Crippen molar-refractivity contribution in [1.82, 2.24) is 5.32 Å². The molecular weight excluding hydrogens is 242 g/mol. The highest BCUT2D eigenvalue weighted by Gasteiger charge is 2.52. The van der Waals surface area contributed by atoms with Gasteiger partial charge in [0.2, 0.25) is 0 Å². The molecule has 4 heteroatoms. The standard InChI is InChI=1S/C15H21NO3/c1-3-18-14(17)15(16-2,12-9-10-12)11-19-13-7-5-4-6-8-13/h4-8,12,16H,3,9-11H2,1-2H3. The van der Waals surface area contributed by atoms with E-state index in [-0.39, 0.29) is 5.97 Å². The fourth-order valence-electron chi connectivity index (χ4n) is 2.27. The van der Waals surface area contributed by atoms with E-state index >= 15 is 0 Å². The first-order valence-corrected chi connectivity index (χ1v) is 6.77. The molecule has 1 aliphatic rings. The molecule has 1 fully saturated rings. The number of para-hydroxylation sites is 1. The Morgan fingerprint density at radius 1 is 1.37 bits per heavy atom. The molecule has 0 saturated heterocycles. The molecule has 0 spiro atoms. The maximum Gasteiger partial charge on any atom is 0.330 e. The zero-order chi connectivity index (χ0) is 13.7. The zero-order valence-electron chi connectivity index (χ0n) is 11.5. The fourth-order valence-corrected chi connectivity index (χ4v) is 2.27. The highest BCUT2D eigenvalue weighted by Crippen LogP contribution is 2.40. The van der Waals surface area contributed by atoms with E-state index in [1.165, 1.54) is 0 Å². The SMILES string of the molecule is CCOC(=O)C(COc1ccccc1)(NC)C1CC1. The molecule has 0 radical (unpaired) electrons. The number of hydrogen-bond acceptors (Lipinski definition) is 4. The number of likely N-dealkylation sites (N-methyl/N-ethyl adjacent to an activating group) is 1. The van der Waals surface area contributed by atoms with Crippen molar-refractivity contribution in [3.05, 3.63) is 30.3 Å². The van der Waals surface area contributed by atoms with E-state index in [2.05, 4.69) is 5.32 Å². The molecule has 0 heterocycles. The summed E-state index contributed by atoms with van der Waals surface area (Å²) in [6.07, 6.45) is 2.08. The van der Waals surface area contributed by atoms with Gasteiger partial charge in [-0.15, -0.1) is 0 Å². The summed E-state index contributed by atoms with van der Waals surface area (Å²) in [6, 6.07) is 9.54. The Hall–Kier alpha value is -1.55. The van der Waals surface area contributed by atoms with Crippen molar-refractivity contribution in [1.29, 1.82) is 0 Å². The van der Waals surface area contributed by atoms with Crippen molar-refractivity contribution in [2.45, 2.75) is 25.3 Å². The maximum atomic E-state index is 12.2. The minimum Gasteiger partial charge on any atom is -0.491 e. The summed E-state index contributed by atoms with van der Waals surface area (Å²) >= 11 is 0. The average molecular weight is 263 g/mol. The van der Waals surface area contributed by atoms with Crippen molar-refractivity contribution in [3.63, 3.8) is 0 Å². The molecule has 1 atom stereocenters. The number of carbonyl (C=O) groups excluding carboxylic acids is 1. The van der Waals surface area contributed by atoms with Gasteiger partial charge in [-0.1, -0.05) is 18.2 Å². The molecule has 0 aromatic heterocycles. The Balaban J connectivity index is 2.07. The van der Waals surface area contributed by atoms with E-state index in [0.29, 0.717) is 19.1 Å². The number of nitrogens with one attached hydrogen (secondary N) is 1. The summed E-state index contributed by atoms with van der Waals surface area (Å²) in [6.45, 7) is 2.51. The summed E-state index contributed by atoms with van der Waals surface area (Å²) in [7, 11) is 1.80. The third-order valence-corrected chi connectivity index (χ3v) is 3.57. The van der Waals surface area contributed by atoms with E-state index in [0.717, 1.165) is 18.6 Å². The van der Waals surface area contributed by atoms with E-state index in [9.17, 15) is 4.79 Å². The summed E-state index contributed by atoms with van der Waals surface area (Å²) in [5, 5.41) is 3.13. The summed E-state index contributed by atoms with van der Waals surface area (Å²) in [5.74, 6) is 0.864. The highest BCUT2D eigenvalue weighted by molar-refractivity contribution is 5.82. The predicted molar refractivity (Wildman–Crippen MR) is 73.1 cm³/mol. The largest absolute Gasteiger partial charge is 0.491 e. The molecule has 1 aliphatic carbocycles. The Labute approximate surface area is 114 Å². The molecule has 1 aromatic carbocycles. The minimum absolute atomic E-state index is 0.212. The van der Waals surface area contributed by atoms with Crippen LogP contribution in [0.3, 0.4) is 0 Å². The highest BCUT2D eigenvalue weighted by atomic mass is 16.5. The van der Waals surface area contributed by atoms with Gasteiger partial charge in [-0.3, -0.25) is 0 Å². The van der Waals surface area contributed by atoms with Crippen LogP contribution >= 0.6 is 0 Å². The lowest BCUT2D eigenvalue weighted by atomic mass is 9.94. The monoisotopic (exact) mass is 263 g/mol. The Morgan fingerprint density at radius 3 is 2.58 bits per heavy atom. The van der Waals surface area contributed by atoms with Crippen LogP contribution in [-0.2, 0) is 9.53 Å². The first-order valence-electron chi connectivity index (χ1n) is 6.77. The third-order valence-electron chi connectivity index (χ3n) is 3.57. The van der Waals surface area contributed by atoms with Crippen LogP contribution in [0.15, 0.2) is 30.3 Å². The lowest BCUT2D eigenvalue weighted by Crippen LogP contribution is -2.57. The first kappa shape index (κ1) is 13.9. The average Bonchev–Trinajstić information content (AvgIpc) is 3.27. The van der Waals surface area contributed by atoms with Gasteiger partial charge in [-0.25, -0.2) is 4.79 Å². The molecule has 1 aromatic rings. The second-order valence-corrected chi connectivity index (χ2v) is 4.82. The molecule has 2 rings (SSSR count). The van der Waals surface area contributed by atoms with E-state index in [1.54, 1.807) is 7.05 Å². The van der Waals surface area contributed by atoms with Crippen LogP contribution in [0.5, 0.6) is 5.75 Å². The van der Waals surface area contributed by atoms with E-state index in [4.69, 9.17) is 9.47 Å². The van der Waals surface area contributed by atoms with Gasteiger partial charge in [0.05, 0.1) is 6.61 Å².